The fraction of sp³-hybridized carbons (Fsp3) is 0.0833. The van der Waals surface area contributed by atoms with Gasteiger partial charge < -0.3 is 0 Å². The van der Waals surface area contributed by atoms with Crippen LogP contribution in [0.25, 0.3) is 11.6 Å². The van der Waals surface area contributed by atoms with Crippen LogP contribution in [0.2, 0.25) is 0 Å². The van der Waals surface area contributed by atoms with Crippen molar-refractivity contribution in [2.75, 3.05) is 0 Å². The Morgan fingerprint density at radius 3 is 2.17 bits per heavy atom. The van der Waals surface area contributed by atoms with E-state index in [1.54, 1.807) is 6.08 Å². The van der Waals surface area contributed by atoms with Gasteiger partial charge in [-0.1, -0.05) is 65.1 Å². The van der Waals surface area contributed by atoms with E-state index in [1.807, 2.05) is 30.3 Å². The van der Waals surface area contributed by atoms with E-state index >= 15 is 0 Å². The fourth-order valence-electron chi connectivity index (χ4n) is 1.37. The molecule has 0 aliphatic carbocycles. The van der Waals surface area contributed by atoms with Gasteiger partial charge in [-0.15, -0.1) is 0 Å². The third kappa shape index (κ3) is 3.42. The van der Waals surface area contributed by atoms with Gasteiger partial charge in [0.15, 0.2) is 5.82 Å². The highest BCUT2D eigenvalue weighted by molar-refractivity contribution is 6.73. The summed E-state index contributed by atoms with van der Waals surface area (Å²) < 4.78 is -1.60. The maximum atomic E-state index is 5.95. The van der Waals surface area contributed by atoms with Gasteiger partial charge in [-0.2, -0.15) is 0 Å². The van der Waals surface area contributed by atoms with Crippen LogP contribution in [0.15, 0.2) is 43.0 Å². The zero-order valence-corrected chi connectivity index (χ0v) is 11.4. The number of halogens is 3. The first-order valence-electron chi connectivity index (χ1n) is 5.03. The van der Waals surface area contributed by atoms with Gasteiger partial charge in [0, 0.05) is 5.57 Å². The normalized spacial score (nSPS) is 12.5. The number of aromatic nitrogens is 3. The van der Waals surface area contributed by atoms with Crippen LogP contribution >= 0.6 is 34.8 Å². The Bertz CT molecular complexity index is 535. The lowest BCUT2D eigenvalue weighted by atomic mass is 10.1. The topological polar surface area (TPSA) is 38.7 Å². The highest BCUT2D eigenvalue weighted by atomic mass is 35.6. The molecule has 2 aromatic rings. The Kier molecular flexibility index (Phi) is 4.17. The second kappa shape index (κ2) is 5.65. The lowest BCUT2D eigenvalue weighted by Crippen LogP contribution is -2.09. The molecule has 1 aromatic carbocycles. The summed E-state index contributed by atoms with van der Waals surface area (Å²) in [5.74, 6) is 0.342. The average molecular weight is 301 g/mol. The zero-order chi connectivity index (χ0) is 13.0. The van der Waals surface area contributed by atoms with E-state index in [-0.39, 0.29) is 0 Å². The highest BCUT2D eigenvalue weighted by Crippen LogP contribution is 2.40. The fourth-order valence-corrected chi connectivity index (χ4v) is 1.78. The maximum absolute atomic E-state index is 5.95. The standard InChI is InChI=1S/C12H8Cl3N3/c13-12(14,15)10(11-17-7-16-8-18-11)6-9-4-2-1-3-5-9/h1-8H. The summed E-state index contributed by atoms with van der Waals surface area (Å²) in [6.07, 6.45) is 4.46. The van der Waals surface area contributed by atoms with Crippen LogP contribution in [0, 0.1) is 0 Å². The molecule has 0 spiro atoms. The first-order chi connectivity index (χ1) is 8.57. The molecule has 0 N–H and O–H groups in total. The number of nitrogens with zero attached hydrogens (tertiary/aromatic N) is 3. The second-order valence-corrected chi connectivity index (χ2v) is 5.71. The van der Waals surface area contributed by atoms with Crippen LogP contribution in [0.3, 0.4) is 0 Å². The number of rotatable bonds is 2. The molecule has 3 nitrogen and oxygen atoms in total. The molecule has 0 fully saturated rings. The van der Waals surface area contributed by atoms with Crippen LogP contribution in [0.1, 0.15) is 11.4 Å². The summed E-state index contributed by atoms with van der Waals surface area (Å²) in [5, 5.41) is 0. The molecule has 0 radical (unpaired) electrons. The van der Waals surface area contributed by atoms with Crippen molar-refractivity contribution < 1.29 is 0 Å². The van der Waals surface area contributed by atoms with Gasteiger partial charge in [0.25, 0.3) is 0 Å². The van der Waals surface area contributed by atoms with Gasteiger partial charge in [-0.25, -0.2) is 15.0 Å². The third-order valence-corrected chi connectivity index (χ3v) is 2.76. The van der Waals surface area contributed by atoms with Crippen LogP contribution < -0.4 is 0 Å². The number of alkyl halides is 3. The minimum Gasteiger partial charge on any atom is -0.225 e. The molecule has 0 aliphatic rings. The van der Waals surface area contributed by atoms with Crippen molar-refractivity contribution in [3.8, 4) is 0 Å². The van der Waals surface area contributed by atoms with Gasteiger partial charge in [-0.3, -0.25) is 0 Å². The lowest BCUT2D eigenvalue weighted by Gasteiger charge is -2.14. The maximum Gasteiger partial charge on any atom is 0.219 e. The minimum atomic E-state index is -1.60. The summed E-state index contributed by atoms with van der Waals surface area (Å²) >= 11 is 17.8. The van der Waals surface area contributed by atoms with Gasteiger partial charge in [0.1, 0.15) is 12.7 Å². The molecular formula is C12H8Cl3N3. The molecule has 0 atom stereocenters. The molecule has 0 bridgehead atoms. The van der Waals surface area contributed by atoms with Crippen LogP contribution in [0.4, 0.5) is 0 Å². The molecule has 0 saturated heterocycles. The summed E-state index contributed by atoms with van der Waals surface area (Å²) in [5.41, 5.74) is 1.31. The molecule has 0 amide bonds. The quantitative estimate of drug-likeness (QED) is 0.792. The smallest absolute Gasteiger partial charge is 0.219 e. The molecule has 0 aliphatic heterocycles. The van der Waals surface area contributed by atoms with Gasteiger partial charge >= 0.3 is 0 Å². The lowest BCUT2D eigenvalue weighted by molar-refractivity contribution is 1.01. The van der Waals surface area contributed by atoms with E-state index in [2.05, 4.69) is 15.0 Å². The minimum absolute atomic E-state index is 0.342. The average Bonchev–Trinajstić information content (AvgIpc) is 2.37. The van der Waals surface area contributed by atoms with E-state index < -0.39 is 3.79 Å². The monoisotopic (exact) mass is 299 g/mol. The van der Waals surface area contributed by atoms with E-state index in [4.69, 9.17) is 34.8 Å². The van der Waals surface area contributed by atoms with E-state index in [1.165, 1.54) is 12.7 Å². The Labute approximate surface area is 119 Å². The van der Waals surface area contributed by atoms with Crippen molar-refractivity contribution in [1.29, 1.82) is 0 Å². The van der Waals surface area contributed by atoms with Crippen molar-refractivity contribution in [2.45, 2.75) is 3.79 Å². The number of hydrogen-bond acceptors (Lipinski definition) is 3. The molecular weight excluding hydrogens is 293 g/mol. The third-order valence-electron chi connectivity index (χ3n) is 2.15. The predicted octanol–water partition coefficient (Wildman–Crippen LogP) is 3.78. The van der Waals surface area contributed by atoms with Gasteiger partial charge in [-0.05, 0) is 11.6 Å². The van der Waals surface area contributed by atoms with Gasteiger partial charge in [0.2, 0.25) is 3.79 Å². The Hall–Kier alpha value is -1.16. The molecule has 0 unspecified atom stereocenters. The van der Waals surface area contributed by atoms with Crippen LogP contribution in [-0.2, 0) is 0 Å². The Morgan fingerprint density at radius 2 is 1.61 bits per heavy atom. The van der Waals surface area contributed by atoms with E-state index in [9.17, 15) is 0 Å². The number of hydrogen-bond donors (Lipinski definition) is 0. The van der Waals surface area contributed by atoms with Crippen molar-refractivity contribution in [3.05, 3.63) is 54.4 Å². The van der Waals surface area contributed by atoms with E-state index in [0.717, 1.165) is 5.56 Å². The molecule has 18 heavy (non-hydrogen) atoms. The largest absolute Gasteiger partial charge is 0.225 e. The SMILES string of the molecule is ClC(Cl)(Cl)C(=Cc1ccccc1)c1ncncn1. The Morgan fingerprint density at radius 1 is 1.00 bits per heavy atom. The Balaban J connectivity index is 2.48. The number of allylic oxidation sites excluding steroid dienone is 1. The first-order valence-corrected chi connectivity index (χ1v) is 6.17. The molecule has 2 rings (SSSR count). The summed E-state index contributed by atoms with van der Waals surface area (Å²) in [6.45, 7) is 0. The van der Waals surface area contributed by atoms with Crippen molar-refractivity contribution in [1.82, 2.24) is 15.0 Å². The summed E-state index contributed by atoms with van der Waals surface area (Å²) in [6, 6.07) is 9.51. The molecule has 92 valence electrons. The van der Waals surface area contributed by atoms with E-state index in [0.29, 0.717) is 11.4 Å². The van der Waals surface area contributed by atoms with Crippen molar-refractivity contribution >= 4 is 46.5 Å². The second-order valence-electron chi connectivity index (χ2n) is 3.43. The summed E-state index contributed by atoms with van der Waals surface area (Å²) in [7, 11) is 0. The van der Waals surface area contributed by atoms with Crippen LogP contribution in [-0.4, -0.2) is 18.7 Å². The molecule has 0 saturated carbocycles. The predicted molar refractivity (Wildman–Crippen MR) is 74.4 cm³/mol. The van der Waals surface area contributed by atoms with Crippen molar-refractivity contribution in [3.63, 3.8) is 0 Å². The van der Waals surface area contributed by atoms with Crippen LogP contribution in [0.5, 0.6) is 0 Å². The van der Waals surface area contributed by atoms with Gasteiger partial charge in [0.05, 0.1) is 0 Å². The molecule has 6 heteroatoms. The summed E-state index contributed by atoms with van der Waals surface area (Å²) in [4.78, 5) is 11.7. The molecule has 1 heterocycles. The zero-order valence-electron chi connectivity index (χ0n) is 9.09. The molecule has 1 aromatic heterocycles. The number of benzene rings is 1. The van der Waals surface area contributed by atoms with Crippen molar-refractivity contribution in [2.24, 2.45) is 0 Å². The first kappa shape index (κ1) is 13.3. The highest BCUT2D eigenvalue weighted by Gasteiger charge is 2.29.